The molecule has 1 aromatic carbocycles. The second-order valence-corrected chi connectivity index (χ2v) is 5.57. The summed E-state index contributed by atoms with van der Waals surface area (Å²) < 4.78 is 13.0. The molecule has 0 heterocycles. The van der Waals surface area contributed by atoms with Crippen molar-refractivity contribution in [1.82, 2.24) is 0 Å². The molecule has 0 bridgehead atoms. The maximum absolute atomic E-state index is 13.0. The Hall–Kier alpha value is -1.07. The van der Waals surface area contributed by atoms with Gasteiger partial charge in [0, 0.05) is 17.5 Å². The highest BCUT2D eigenvalue weighted by Crippen LogP contribution is 2.18. The summed E-state index contributed by atoms with van der Waals surface area (Å²) in [7, 11) is 0. The predicted molar refractivity (Wildman–Crippen MR) is 73.4 cm³/mol. The van der Waals surface area contributed by atoms with Crippen LogP contribution in [0.4, 0.5) is 10.1 Å². The third-order valence-electron chi connectivity index (χ3n) is 2.51. The number of carbonyl (C=O) groups is 1. The quantitative estimate of drug-likeness (QED) is 0.836. The smallest absolute Gasteiger partial charge is 0.234 e. The Kier molecular flexibility index (Phi) is 6.15. The van der Waals surface area contributed by atoms with Crippen LogP contribution in [0, 0.1) is 12.7 Å². The van der Waals surface area contributed by atoms with Gasteiger partial charge in [0.05, 0.1) is 5.75 Å². The third-order valence-corrected chi connectivity index (χ3v) is 3.74. The first kappa shape index (κ1) is 15.0. The molecule has 2 N–H and O–H groups in total. The Morgan fingerprint density at radius 3 is 2.94 bits per heavy atom. The topological polar surface area (TPSA) is 49.3 Å². The van der Waals surface area contributed by atoms with Crippen LogP contribution in [0.15, 0.2) is 18.2 Å². The van der Waals surface area contributed by atoms with Gasteiger partial charge in [-0.2, -0.15) is 0 Å². The van der Waals surface area contributed by atoms with E-state index in [0.717, 1.165) is 5.56 Å². The van der Waals surface area contributed by atoms with Gasteiger partial charge in [-0.15, -0.1) is 11.8 Å². The fourth-order valence-electron chi connectivity index (χ4n) is 1.40. The second kappa shape index (κ2) is 7.38. The zero-order chi connectivity index (χ0) is 13.5. The number of hydrogen-bond acceptors (Lipinski definition) is 3. The summed E-state index contributed by atoms with van der Waals surface area (Å²) in [5.41, 5.74) is 1.34. The number of nitrogens with one attached hydrogen (secondary N) is 1. The van der Waals surface area contributed by atoms with Crippen molar-refractivity contribution in [3.63, 3.8) is 0 Å². The van der Waals surface area contributed by atoms with E-state index in [4.69, 9.17) is 5.11 Å². The first-order valence-corrected chi connectivity index (χ1v) is 6.86. The molecule has 100 valence electrons. The van der Waals surface area contributed by atoms with Crippen LogP contribution in [-0.4, -0.2) is 28.6 Å². The van der Waals surface area contributed by atoms with Crippen LogP contribution in [-0.2, 0) is 4.79 Å². The second-order valence-electron chi connectivity index (χ2n) is 4.14. The zero-order valence-corrected chi connectivity index (χ0v) is 11.4. The molecular weight excluding hydrogens is 253 g/mol. The summed E-state index contributed by atoms with van der Waals surface area (Å²) in [6.45, 7) is 3.90. The molecule has 1 unspecified atom stereocenters. The van der Waals surface area contributed by atoms with E-state index in [2.05, 4.69) is 5.32 Å². The van der Waals surface area contributed by atoms with E-state index in [9.17, 15) is 9.18 Å². The van der Waals surface area contributed by atoms with Crippen LogP contribution in [0.2, 0.25) is 0 Å². The molecule has 1 amide bonds. The molecular formula is C13H18FNO2S. The lowest BCUT2D eigenvalue weighted by Gasteiger charge is -2.11. The van der Waals surface area contributed by atoms with Gasteiger partial charge in [0.25, 0.3) is 0 Å². The van der Waals surface area contributed by atoms with Crippen molar-refractivity contribution in [3.05, 3.63) is 29.6 Å². The number of benzene rings is 1. The summed E-state index contributed by atoms with van der Waals surface area (Å²) in [4.78, 5) is 11.7. The summed E-state index contributed by atoms with van der Waals surface area (Å²) >= 11 is 1.47. The van der Waals surface area contributed by atoms with Gasteiger partial charge < -0.3 is 10.4 Å². The number of carbonyl (C=O) groups excluding carboxylic acids is 1. The Bertz CT molecular complexity index is 412. The highest BCUT2D eigenvalue weighted by molar-refractivity contribution is 8.00. The van der Waals surface area contributed by atoms with Gasteiger partial charge in [-0.1, -0.05) is 13.0 Å². The minimum absolute atomic E-state index is 0.124. The van der Waals surface area contributed by atoms with Crippen molar-refractivity contribution in [3.8, 4) is 0 Å². The molecule has 5 heteroatoms. The molecule has 18 heavy (non-hydrogen) atoms. The maximum atomic E-state index is 13.0. The van der Waals surface area contributed by atoms with E-state index in [1.165, 1.54) is 23.9 Å². The fourth-order valence-corrected chi connectivity index (χ4v) is 2.18. The molecule has 0 saturated heterocycles. The van der Waals surface area contributed by atoms with Crippen molar-refractivity contribution < 1.29 is 14.3 Å². The average molecular weight is 271 g/mol. The lowest BCUT2D eigenvalue weighted by atomic mass is 10.2. The SMILES string of the molecule is Cc1ccc(F)cc1NC(=O)CSC(C)CCO. The largest absolute Gasteiger partial charge is 0.396 e. The molecule has 1 rings (SSSR count). The van der Waals surface area contributed by atoms with Crippen LogP contribution >= 0.6 is 11.8 Å². The van der Waals surface area contributed by atoms with Crippen LogP contribution in [0.25, 0.3) is 0 Å². The van der Waals surface area contributed by atoms with Gasteiger partial charge in [0.15, 0.2) is 0 Å². The summed E-state index contributed by atoms with van der Waals surface area (Å²) in [6.07, 6.45) is 0.664. The van der Waals surface area contributed by atoms with Crippen LogP contribution in [0.1, 0.15) is 18.9 Å². The standard InChI is InChI=1S/C13H18FNO2S/c1-9-3-4-11(14)7-12(9)15-13(17)8-18-10(2)5-6-16/h3-4,7,10,16H,5-6,8H2,1-2H3,(H,15,17). The molecule has 0 aromatic heterocycles. The number of aliphatic hydroxyl groups excluding tert-OH is 1. The van der Waals surface area contributed by atoms with E-state index in [1.807, 2.05) is 13.8 Å². The number of aliphatic hydroxyl groups is 1. The van der Waals surface area contributed by atoms with Crippen LogP contribution in [0.5, 0.6) is 0 Å². The molecule has 0 aliphatic rings. The molecule has 0 aliphatic carbocycles. The first-order chi connectivity index (χ1) is 8.52. The summed E-state index contributed by atoms with van der Waals surface area (Å²) in [6, 6.07) is 4.31. The molecule has 0 fully saturated rings. The van der Waals surface area contributed by atoms with Crippen molar-refractivity contribution in [2.75, 3.05) is 17.7 Å². The van der Waals surface area contributed by atoms with Gasteiger partial charge in [0.1, 0.15) is 5.82 Å². The molecule has 0 radical (unpaired) electrons. The Morgan fingerprint density at radius 2 is 2.28 bits per heavy atom. The lowest BCUT2D eigenvalue weighted by Crippen LogP contribution is -2.17. The number of halogens is 1. The van der Waals surface area contributed by atoms with Crippen molar-refractivity contribution >= 4 is 23.4 Å². The minimum Gasteiger partial charge on any atom is -0.396 e. The van der Waals surface area contributed by atoms with E-state index in [-0.39, 0.29) is 23.6 Å². The number of rotatable bonds is 6. The molecule has 1 aromatic rings. The van der Waals surface area contributed by atoms with Crippen molar-refractivity contribution in [1.29, 1.82) is 0 Å². The van der Waals surface area contributed by atoms with E-state index in [1.54, 1.807) is 6.07 Å². The van der Waals surface area contributed by atoms with Gasteiger partial charge in [-0.05, 0) is 31.0 Å². The van der Waals surface area contributed by atoms with Crippen LogP contribution < -0.4 is 5.32 Å². The highest BCUT2D eigenvalue weighted by atomic mass is 32.2. The molecule has 3 nitrogen and oxygen atoms in total. The summed E-state index contributed by atoms with van der Waals surface area (Å²) in [5.74, 6) is -0.215. The van der Waals surface area contributed by atoms with Crippen LogP contribution in [0.3, 0.4) is 0 Å². The van der Waals surface area contributed by atoms with E-state index in [0.29, 0.717) is 17.9 Å². The van der Waals surface area contributed by atoms with Gasteiger partial charge >= 0.3 is 0 Å². The van der Waals surface area contributed by atoms with E-state index >= 15 is 0 Å². The molecule has 0 saturated carbocycles. The molecule has 0 spiro atoms. The van der Waals surface area contributed by atoms with Gasteiger partial charge in [0.2, 0.25) is 5.91 Å². The minimum atomic E-state index is -0.364. The average Bonchev–Trinajstić information content (AvgIpc) is 2.32. The molecule has 1 atom stereocenters. The zero-order valence-electron chi connectivity index (χ0n) is 10.6. The number of anilines is 1. The highest BCUT2D eigenvalue weighted by Gasteiger charge is 2.09. The van der Waals surface area contributed by atoms with E-state index < -0.39 is 0 Å². The normalized spacial score (nSPS) is 12.2. The summed E-state index contributed by atoms with van der Waals surface area (Å²) in [5, 5.41) is 11.7. The third kappa shape index (κ3) is 5.06. The number of amides is 1. The Morgan fingerprint density at radius 1 is 1.56 bits per heavy atom. The monoisotopic (exact) mass is 271 g/mol. The predicted octanol–water partition coefficient (Wildman–Crippen LogP) is 2.58. The number of thioether (sulfide) groups is 1. The van der Waals surface area contributed by atoms with Gasteiger partial charge in [-0.25, -0.2) is 4.39 Å². The van der Waals surface area contributed by atoms with Crippen molar-refractivity contribution in [2.24, 2.45) is 0 Å². The lowest BCUT2D eigenvalue weighted by molar-refractivity contribution is -0.113. The number of hydrogen-bond donors (Lipinski definition) is 2. The fraction of sp³-hybridized carbons (Fsp3) is 0.462. The Labute approximate surface area is 111 Å². The Balaban J connectivity index is 2.47. The van der Waals surface area contributed by atoms with Gasteiger partial charge in [-0.3, -0.25) is 4.79 Å². The maximum Gasteiger partial charge on any atom is 0.234 e. The van der Waals surface area contributed by atoms with Crippen molar-refractivity contribution in [2.45, 2.75) is 25.5 Å². The number of aryl methyl sites for hydroxylation is 1. The molecule has 0 aliphatic heterocycles. The first-order valence-electron chi connectivity index (χ1n) is 5.81.